The molecule has 4 nitrogen and oxygen atoms in total. The largest absolute Gasteiger partial charge is 0.465 e. The SMILES string of the molecule is COC(=O)C1=C(C)N(C(C)C)C(=O)C1=Cc1ccc(Cl)cc1. The van der Waals surface area contributed by atoms with E-state index in [2.05, 4.69) is 0 Å². The highest BCUT2D eigenvalue weighted by Gasteiger charge is 2.38. The summed E-state index contributed by atoms with van der Waals surface area (Å²) in [7, 11) is 1.31. The first-order valence-corrected chi connectivity index (χ1v) is 7.35. The van der Waals surface area contributed by atoms with Gasteiger partial charge in [0.2, 0.25) is 0 Å². The molecule has 2 rings (SSSR count). The maximum atomic E-state index is 12.6. The molecule has 1 aromatic rings. The quantitative estimate of drug-likeness (QED) is 0.633. The number of nitrogens with zero attached hydrogens (tertiary/aromatic N) is 1. The Hall–Kier alpha value is -2.07. The summed E-state index contributed by atoms with van der Waals surface area (Å²) < 4.78 is 4.83. The maximum absolute atomic E-state index is 12.6. The third-order valence-electron chi connectivity index (χ3n) is 3.53. The first-order chi connectivity index (χ1) is 10.4. The van der Waals surface area contributed by atoms with Gasteiger partial charge in [0, 0.05) is 16.8 Å². The molecule has 1 amide bonds. The van der Waals surface area contributed by atoms with Gasteiger partial charge < -0.3 is 9.64 Å². The highest BCUT2D eigenvalue weighted by Crippen LogP contribution is 2.33. The van der Waals surface area contributed by atoms with Crippen LogP contribution in [0.4, 0.5) is 0 Å². The average Bonchev–Trinajstić information content (AvgIpc) is 2.71. The van der Waals surface area contributed by atoms with E-state index in [4.69, 9.17) is 16.3 Å². The molecule has 0 radical (unpaired) electrons. The number of carbonyl (C=O) groups is 2. The van der Waals surface area contributed by atoms with Crippen molar-refractivity contribution in [2.24, 2.45) is 0 Å². The van der Waals surface area contributed by atoms with Crippen molar-refractivity contribution in [3.8, 4) is 0 Å². The van der Waals surface area contributed by atoms with Crippen LogP contribution in [-0.2, 0) is 14.3 Å². The summed E-state index contributed by atoms with van der Waals surface area (Å²) in [5, 5.41) is 0.614. The minimum absolute atomic E-state index is 0.0386. The fourth-order valence-corrected chi connectivity index (χ4v) is 2.67. The topological polar surface area (TPSA) is 46.6 Å². The lowest BCUT2D eigenvalue weighted by molar-refractivity contribution is -0.136. The van der Waals surface area contributed by atoms with Crippen LogP contribution in [-0.4, -0.2) is 29.9 Å². The number of hydrogen-bond donors (Lipinski definition) is 0. The van der Waals surface area contributed by atoms with Crippen molar-refractivity contribution in [3.05, 3.63) is 51.7 Å². The molecule has 116 valence electrons. The Morgan fingerprint density at radius 1 is 1.27 bits per heavy atom. The third-order valence-corrected chi connectivity index (χ3v) is 3.78. The molecule has 0 aromatic heterocycles. The molecule has 0 bridgehead atoms. The van der Waals surface area contributed by atoms with Crippen molar-refractivity contribution >= 4 is 29.6 Å². The van der Waals surface area contributed by atoms with E-state index in [1.807, 2.05) is 13.8 Å². The van der Waals surface area contributed by atoms with E-state index in [1.54, 1.807) is 42.2 Å². The number of carbonyl (C=O) groups excluding carboxylic acids is 2. The van der Waals surface area contributed by atoms with Gasteiger partial charge in [-0.05, 0) is 44.5 Å². The zero-order valence-electron chi connectivity index (χ0n) is 13.0. The molecule has 0 saturated carbocycles. The van der Waals surface area contributed by atoms with Gasteiger partial charge in [0.25, 0.3) is 5.91 Å². The summed E-state index contributed by atoms with van der Waals surface area (Å²) >= 11 is 5.87. The summed E-state index contributed by atoms with van der Waals surface area (Å²) in [4.78, 5) is 26.3. The first-order valence-electron chi connectivity index (χ1n) is 6.97. The van der Waals surface area contributed by atoms with E-state index in [0.29, 0.717) is 21.9 Å². The summed E-state index contributed by atoms with van der Waals surface area (Å²) in [6.45, 7) is 5.57. The number of ether oxygens (including phenoxy) is 1. The second-order valence-corrected chi connectivity index (χ2v) is 5.77. The summed E-state index contributed by atoms with van der Waals surface area (Å²) in [5.74, 6) is -0.697. The lowest BCUT2D eigenvalue weighted by Gasteiger charge is -2.22. The van der Waals surface area contributed by atoms with Crippen LogP contribution in [0.2, 0.25) is 5.02 Å². The molecule has 1 aromatic carbocycles. The second kappa shape index (κ2) is 6.36. The van der Waals surface area contributed by atoms with E-state index >= 15 is 0 Å². The van der Waals surface area contributed by atoms with Crippen molar-refractivity contribution < 1.29 is 14.3 Å². The summed E-state index contributed by atoms with van der Waals surface area (Å²) in [6.07, 6.45) is 1.69. The molecule has 0 saturated heterocycles. The van der Waals surface area contributed by atoms with Crippen molar-refractivity contribution in [2.75, 3.05) is 7.11 Å². The molecule has 0 atom stereocenters. The number of halogens is 1. The van der Waals surface area contributed by atoms with Crippen LogP contribution in [0, 0.1) is 0 Å². The fraction of sp³-hybridized carbons (Fsp3) is 0.294. The number of allylic oxidation sites excluding steroid dienone is 1. The maximum Gasteiger partial charge on any atom is 0.340 e. The van der Waals surface area contributed by atoms with Crippen LogP contribution in [0.25, 0.3) is 6.08 Å². The molecule has 5 heteroatoms. The standard InChI is InChI=1S/C17H18ClNO3/c1-10(2)19-11(3)15(17(21)22-4)14(16(19)20)9-12-5-7-13(18)8-6-12/h5-10H,1-4H3. The van der Waals surface area contributed by atoms with E-state index in [-0.39, 0.29) is 11.9 Å². The monoisotopic (exact) mass is 319 g/mol. The average molecular weight is 320 g/mol. The summed E-state index contributed by atoms with van der Waals surface area (Å²) in [5.41, 5.74) is 2.08. The molecule has 0 N–H and O–H groups in total. The van der Waals surface area contributed by atoms with Crippen LogP contribution in [0.1, 0.15) is 26.3 Å². The Morgan fingerprint density at radius 3 is 2.36 bits per heavy atom. The highest BCUT2D eigenvalue weighted by atomic mass is 35.5. The highest BCUT2D eigenvalue weighted by molar-refractivity contribution is 6.30. The van der Waals surface area contributed by atoms with E-state index in [0.717, 1.165) is 5.56 Å². The number of amides is 1. The number of methoxy groups -OCH3 is 1. The van der Waals surface area contributed by atoms with E-state index in [1.165, 1.54) is 7.11 Å². The number of rotatable bonds is 3. The van der Waals surface area contributed by atoms with Gasteiger partial charge in [-0.15, -0.1) is 0 Å². The molecule has 0 aliphatic carbocycles. The Kier molecular flexibility index (Phi) is 4.71. The van der Waals surface area contributed by atoms with Gasteiger partial charge in [0.05, 0.1) is 18.3 Å². The van der Waals surface area contributed by atoms with Gasteiger partial charge in [-0.2, -0.15) is 0 Å². The number of benzene rings is 1. The molecule has 0 fully saturated rings. The summed E-state index contributed by atoms with van der Waals surface area (Å²) in [6, 6.07) is 7.03. The van der Waals surface area contributed by atoms with Crippen LogP contribution in [0.3, 0.4) is 0 Å². The normalized spacial score (nSPS) is 16.9. The third kappa shape index (κ3) is 2.92. The minimum atomic E-state index is -0.505. The van der Waals surface area contributed by atoms with Gasteiger partial charge in [0.1, 0.15) is 0 Å². The predicted octanol–water partition coefficient (Wildman–Crippen LogP) is 3.42. The van der Waals surface area contributed by atoms with Gasteiger partial charge in [-0.1, -0.05) is 23.7 Å². The number of hydrogen-bond acceptors (Lipinski definition) is 3. The molecule has 1 heterocycles. The zero-order chi connectivity index (χ0) is 16.4. The number of esters is 1. The molecular formula is C17H18ClNO3. The molecular weight excluding hydrogens is 302 g/mol. The van der Waals surface area contributed by atoms with Crippen LogP contribution >= 0.6 is 11.6 Å². The Labute approximate surface area is 135 Å². The van der Waals surface area contributed by atoms with Gasteiger partial charge in [-0.25, -0.2) is 4.79 Å². The van der Waals surface area contributed by atoms with Crippen molar-refractivity contribution in [1.29, 1.82) is 0 Å². The smallest absolute Gasteiger partial charge is 0.340 e. The predicted molar refractivity (Wildman–Crippen MR) is 86.1 cm³/mol. The lowest BCUT2D eigenvalue weighted by atomic mass is 10.0. The van der Waals surface area contributed by atoms with Crippen molar-refractivity contribution in [2.45, 2.75) is 26.8 Å². The molecule has 0 spiro atoms. The van der Waals surface area contributed by atoms with Crippen LogP contribution in [0.5, 0.6) is 0 Å². The zero-order valence-corrected chi connectivity index (χ0v) is 13.8. The Balaban J connectivity index is 2.54. The van der Waals surface area contributed by atoms with Crippen molar-refractivity contribution in [3.63, 3.8) is 0 Å². The fourth-order valence-electron chi connectivity index (χ4n) is 2.55. The Morgan fingerprint density at radius 2 is 1.86 bits per heavy atom. The lowest BCUT2D eigenvalue weighted by Crippen LogP contribution is -2.31. The van der Waals surface area contributed by atoms with Crippen molar-refractivity contribution in [1.82, 2.24) is 4.90 Å². The van der Waals surface area contributed by atoms with Crippen LogP contribution < -0.4 is 0 Å². The first kappa shape index (κ1) is 16.3. The Bertz CT molecular complexity index is 672. The van der Waals surface area contributed by atoms with Gasteiger partial charge >= 0.3 is 5.97 Å². The molecule has 1 aliphatic rings. The molecule has 1 aliphatic heterocycles. The minimum Gasteiger partial charge on any atom is -0.465 e. The van der Waals surface area contributed by atoms with Crippen LogP contribution in [0.15, 0.2) is 41.1 Å². The van der Waals surface area contributed by atoms with Gasteiger partial charge in [0.15, 0.2) is 0 Å². The van der Waals surface area contributed by atoms with E-state index in [9.17, 15) is 9.59 Å². The van der Waals surface area contributed by atoms with E-state index < -0.39 is 5.97 Å². The molecule has 22 heavy (non-hydrogen) atoms. The second-order valence-electron chi connectivity index (χ2n) is 5.33. The molecule has 0 unspecified atom stereocenters. The van der Waals surface area contributed by atoms with Gasteiger partial charge in [-0.3, -0.25) is 4.79 Å².